The van der Waals surface area contributed by atoms with Gasteiger partial charge >= 0.3 is 0 Å². The van der Waals surface area contributed by atoms with Crippen molar-refractivity contribution in [3.05, 3.63) is 58.0 Å². The SMILES string of the molecule is CS1(Cc2ccccc2)C=C(O)C=C1CCCN. The molecule has 1 heterocycles. The molecule has 0 aliphatic carbocycles. The summed E-state index contributed by atoms with van der Waals surface area (Å²) in [5.41, 5.74) is 6.92. The van der Waals surface area contributed by atoms with E-state index in [4.69, 9.17) is 5.73 Å². The van der Waals surface area contributed by atoms with Crippen molar-refractivity contribution in [3.63, 3.8) is 0 Å². The highest BCUT2D eigenvalue weighted by Gasteiger charge is 2.26. The maximum atomic E-state index is 9.79. The first-order chi connectivity index (χ1) is 8.64. The minimum Gasteiger partial charge on any atom is -0.507 e. The van der Waals surface area contributed by atoms with Gasteiger partial charge in [0.2, 0.25) is 0 Å². The molecule has 0 aromatic heterocycles. The largest absolute Gasteiger partial charge is 0.507 e. The van der Waals surface area contributed by atoms with Crippen LogP contribution in [-0.4, -0.2) is 17.9 Å². The Morgan fingerprint density at radius 1 is 1.22 bits per heavy atom. The van der Waals surface area contributed by atoms with Gasteiger partial charge in [-0.2, -0.15) is 10.0 Å². The van der Waals surface area contributed by atoms with Crippen molar-refractivity contribution in [2.75, 3.05) is 12.8 Å². The van der Waals surface area contributed by atoms with Gasteiger partial charge in [0, 0.05) is 5.75 Å². The third kappa shape index (κ3) is 2.98. The molecule has 2 rings (SSSR count). The van der Waals surface area contributed by atoms with Crippen molar-refractivity contribution in [3.8, 4) is 0 Å². The standard InChI is InChI=1S/C15H21NOS/c1-18(11-13-6-3-2-4-7-13)12-14(17)10-15(18)8-5-9-16/h2-4,6-7,10,12,17H,5,8-9,11,16H2,1H3. The van der Waals surface area contributed by atoms with E-state index < -0.39 is 10.0 Å². The molecule has 1 aliphatic rings. The van der Waals surface area contributed by atoms with Crippen LogP contribution in [0.1, 0.15) is 18.4 Å². The molecule has 0 fully saturated rings. The molecule has 0 amide bonds. The maximum Gasteiger partial charge on any atom is 0.121 e. The molecule has 1 unspecified atom stereocenters. The molecule has 3 heteroatoms. The summed E-state index contributed by atoms with van der Waals surface area (Å²) < 4.78 is 0. The molecule has 0 bridgehead atoms. The van der Waals surface area contributed by atoms with Crippen molar-refractivity contribution < 1.29 is 5.11 Å². The van der Waals surface area contributed by atoms with Crippen LogP contribution in [0.3, 0.4) is 0 Å². The Morgan fingerprint density at radius 2 is 1.94 bits per heavy atom. The first-order valence-electron chi connectivity index (χ1n) is 6.25. The minimum atomic E-state index is -1.03. The second-order valence-corrected chi connectivity index (χ2v) is 8.20. The average Bonchev–Trinajstić information content (AvgIpc) is 2.62. The number of benzene rings is 1. The van der Waals surface area contributed by atoms with Crippen LogP contribution in [0.15, 0.2) is 52.5 Å². The predicted octanol–water partition coefficient (Wildman–Crippen LogP) is 3.66. The lowest BCUT2D eigenvalue weighted by Gasteiger charge is -2.32. The zero-order valence-electron chi connectivity index (χ0n) is 10.8. The van der Waals surface area contributed by atoms with E-state index in [0.717, 1.165) is 18.6 Å². The van der Waals surface area contributed by atoms with Gasteiger partial charge in [0.05, 0.1) is 0 Å². The lowest BCUT2D eigenvalue weighted by Crippen LogP contribution is -2.03. The third-order valence-corrected chi connectivity index (χ3v) is 6.44. The van der Waals surface area contributed by atoms with Crippen LogP contribution >= 0.6 is 10.0 Å². The highest BCUT2D eigenvalue weighted by atomic mass is 32.3. The normalized spacial score (nSPS) is 26.3. The van der Waals surface area contributed by atoms with Crippen molar-refractivity contribution in [2.24, 2.45) is 5.73 Å². The van der Waals surface area contributed by atoms with E-state index in [1.165, 1.54) is 10.5 Å². The van der Waals surface area contributed by atoms with Gasteiger partial charge < -0.3 is 10.8 Å². The number of hydrogen-bond acceptors (Lipinski definition) is 2. The van der Waals surface area contributed by atoms with Gasteiger partial charge in [0.15, 0.2) is 0 Å². The van der Waals surface area contributed by atoms with Crippen LogP contribution in [0, 0.1) is 0 Å². The third-order valence-electron chi connectivity index (χ3n) is 3.23. The van der Waals surface area contributed by atoms with E-state index in [-0.39, 0.29) is 0 Å². The summed E-state index contributed by atoms with van der Waals surface area (Å²) in [5, 5.41) is 11.8. The lowest BCUT2D eigenvalue weighted by atomic mass is 10.2. The summed E-state index contributed by atoms with van der Waals surface area (Å²) >= 11 is 0. The Hall–Kier alpha value is -1.19. The van der Waals surface area contributed by atoms with E-state index in [2.05, 4.69) is 30.5 Å². The number of nitrogens with two attached hydrogens (primary N) is 1. The van der Waals surface area contributed by atoms with Crippen molar-refractivity contribution in [1.82, 2.24) is 0 Å². The summed E-state index contributed by atoms with van der Waals surface area (Å²) in [6.45, 7) is 0.707. The molecular formula is C15H21NOS. The van der Waals surface area contributed by atoms with Gasteiger partial charge in [-0.15, -0.1) is 0 Å². The zero-order valence-corrected chi connectivity index (χ0v) is 11.6. The summed E-state index contributed by atoms with van der Waals surface area (Å²) in [4.78, 5) is 1.37. The summed E-state index contributed by atoms with van der Waals surface area (Å²) in [6.07, 6.45) is 6.19. The Morgan fingerprint density at radius 3 is 2.61 bits per heavy atom. The quantitative estimate of drug-likeness (QED) is 0.851. The number of hydrogen-bond donors (Lipinski definition) is 2. The van der Waals surface area contributed by atoms with E-state index >= 15 is 0 Å². The van der Waals surface area contributed by atoms with Crippen LogP contribution in [0.4, 0.5) is 0 Å². The van der Waals surface area contributed by atoms with Gasteiger partial charge in [-0.1, -0.05) is 30.3 Å². The van der Waals surface area contributed by atoms with Gasteiger partial charge in [-0.25, -0.2) is 0 Å². The predicted molar refractivity (Wildman–Crippen MR) is 80.7 cm³/mol. The molecule has 0 radical (unpaired) electrons. The molecular weight excluding hydrogens is 242 g/mol. The Kier molecular flexibility index (Phi) is 4.15. The highest BCUT2D eigenvalue weighted by Crippen LogP contribution is 2.61. The molecule has 0 spiro atoms. The monoisotopic (exact) mass is 263 g/mol. The lowest BCUT2D eigenvalue weighted by molar-refractivity contribution is 0.434. The Bertz CT molecular complexity index is 467. The summed E-state index contributed by atoms with van der Waals surface area (Å²) in [6, 6.07) is 10.5. The first-order valence-corrected chi connectivity index (χ1v) is 8.53. The number of aliphatic hydroxyl groups excluding tert-OH is 1. The fourth-order valence-corrected chi connectivity index (χ4v) is 5.22. The van der Waals surface area contributed by atoms with Crippen molar-refractivity contribution >= 4 is 10.0 Å². The number of allylic oxidation sites excluding steroid dienone is 2. The topological polar surface area (TPSA) is 46.2 Å². The van der Waals surface area contributed by atoms with Crippen LogP contribution < -0.4 is 5.73 Å². The molecule has 18 heavy (non-hydrogen) atoms. The van der Waals surface area contributed by atoms with Crippen LogP contribution in [-0.2, 0) is 5.75 Å². The zero-order chi connectivity index (χ0) is 13.0. The van der Waals surface area contributed by atoms with Gasteiger partial charge in [0.25, 0.3) is 0 Å². The highest BCUT2D eigenvalue weighted by molar-refractivity contribution is 8.38. The van der Waals surface area contributed by atoms with Gasteiger partial charge in [0.1, 0.15) is 5.76 Å². The smallest absolute Gasteiger partial charge is 0.121 e. The Balaban J connectivity index is 2.16. The molecule has 98 valence electrons. The second kappa shape index (κ2) is 5.63. The summed E-state index contributed by atoms with van der Waals surface area (Å²) in [7, 11) is -1.03. The van der Waals surface area contributed by atoms with Crippen LogP contribution in [0.2, 0.25) is 0 Å². The minimum absolute atomic E-state index is 0.426. The molecule has 1 aromatic rings. The van der Waals surface area contributed by atoms with Crippen LogP contribution in [0.5, 0.6) is 0 Å². The fraction of sp³-hybridized carbons (Fsp3) is 0.333. The van der Waals surface area contributed by atoms with E-state index in [1.807, 2.05) is 17.6 Å². The van der Waals surface area contributed by atoms with Crippen LogP contribution in [0.25, 0.3) is 0 Å². The first kappa shape index (κ1) is 13.2. The molecule has 1 aliphatic heterocycles. The van der Waals surface area contributed by atoms with Crippen molar-refractivity contribution in [2.45, 2.75) is 18.6 Å². The molecule has 0 saturated heterocycles. The van der Waals surface area contributed by atoms with Crippen molar-refractivity contribution in [1.29, 1.82) is 0 Å². The summed E-state index contributed by atoms with van der Waals surface area (Å²) in [5.74, 6) is 1.43. The van der Waals surface area contributed by atoms with E-state index in [0.29, 0.717) is 12.3 Å². The van der Waals surface area contributed by atoms with E-state index in [9.17, 15) is 5.11 Å². The number of rotatable bonds is 5. The molecule has 0 saturated carbocycles. The maximum absolute atomic E-state index is 9.79. The molecule has 3 N–H and O–H groups in total. The van der Waals surface area contributed by atoms with E-state index in [1.54, 1.807) is 0 Å². The van der Waals surface area contributed by atoms with Gasteiger partial charge in [-0.3, -0.25) is 0 Å². The second-order valence-electron chi connectivity index (χ2n) is 4.83. The molecule has 2 nitrogen and oxygen atoms in total. The number of aliphatic hydroxyl groups is 1. The fourth-order valence-electron chi connectivity index (χ4n) is 2.31. The average molecular weight is 263 g/mol. The molecule has 1 aromatic carbocycles. The molecule has 1 atom stereocenters. The Labute approximate surface area is 111 Å². The van der Waals surface area contributed by atoms with Gasteiger partial charge in [-0.05, 0) is 47.6 Å².